The number of carbonyl (C=O) groups is 2. The molecular weight excluding hydrogens is 338 g/mol. The van der Waals surface area contributed by atoms with E-state index in [1.54, 1.807) is 23.4 Å². The fourth-order valence-corrected chi connectivity index (χ4v) is 3.23. The van der Waals surface area contributed by atoms with Crippen molar-refractivity contribution >= 4 is 28.9 Å². The van der Waals surface area contributed by atoms with Crippen LogP contribution in [0.5, 0.6) is 0 Å². The quantitative estimate of drug-likeness (QED) is 0.560. The summed E-state index contributed by atoms with van der Waals surface area (Å²) in [6.07, 6.45) is 5.46. The number of aliphatic carboxylic acids is 1. The topological polar surface area (TPSA) is 116 Å². The Morgan fingerprint density at radius 2 is 2.15 bits per heavy atom. The second-order valence-corrected chi connectivity index (χ2v) is 6.29. The van der Waals surface area contributed by atoms with Gasteiger partial charge < -0.3 is 24.8 Å². The minimum atomic E-state index is -1.32. The van der Waals surface area contributed by atoms with E-state index in [2.05, 4.69) is 9.97 Å². The number of H-pyrrole nitrogens is 1. The average molecular weight is 355 g/mol. The number of carboxylic acid groups (broad SMARTS) is 1. The van der Waals surface area contributed by atoms with Gasteiger partial charge in [0.25, 0.3) is 0 Å². The van der Waals surface area contributed by atoms with Crippen molar-refractivity contribution in [3.63, 3.8) is 0 Å². The second-order valence-electron chi connectivity index (χ2n) is 6.29. The van der Waals surface area contributed by atoms with E-state index in [0.29, 0.717) is 37.1 Å². The summed E-state index contributed by atoms with van der Waals surface area (Å²) in [5, 5.41) is 19.9. The Morgan fingerprint density at radius 1 is 1.38 bits per heavy atom. The van der Waals surface area contributed by atoms with E-state index in [1.165, 1.54) is 6.08 Å². The van der Waals surface area contributed by atoms with Crippen LogP contribution in [0.2, 0.25) is 0 Å². The molecule has 0 aromatic carbocycles. The summed E-state index contributed by atoms with van der Waals surface area (Å²) in [4.78, 5) is 33.1. The maximum absolute atomic E-state index is 12.6. The number of nitrogens with zero attached hydrogens (tertiary/aromatic N) is 2. The summed E-state index contributed by atoms with van der Waals surface area (Å²) in [6.45, 7) is 0.871. The van der Waals surface area contributed by atoms with Gasteiger partial charge in [0.15, 0.2) is 11.3 Å². The van der Waals surface area contributed by atoms with E-state index in [1.807, 2.05) is 6.07 Å². The molecule has 0 unspecified atom stereocenters. The molecule has 0 saturated carbocycles. The molecule has 0 amide bonds. The molecule has 0 spiro atoms. The number of aliphatic hydroxyl groups is 1. The van der Waals surface area contributed by atoms with Crippen LogP contribution in [0.3, 0.4) is 0 Å². The molecule has 1 saturated heterocycles. The molecule has 0 radical (unpaired) electrons. The molecular formula is C18H17N3O5. The van der Waals surface area contributed by atoms with Crippen LogP contribution in [0.1, 0.15) is 18.4 Å². The molecule has 8 nitrogen and oxygen atoms in total. The number of aliphatic hydroxyl groups excluding tert-OH is 1. The fourth-order valence-electron chi connectivity index (χ4n) is 3.23. The van der Waals surface area contributed by atoms with Gasteiger partial charge in [-0.3, -0.25) is 4.79 Å². The fraction of sp³-hybridized carbons (Fsp3) is 0.278. The van der Waals surface area contributed by atoms with Crippen LogP contribution in [0.4, 0.5) is 0 Å². The van der Waals surface area contributed by atoms with Crippen molar-refractivity contribution in [2.24, 2.45) is 0 Å². The largest absolute Gasteiger partial charge is 0.477 e. The number of rotatable bonds is 3. The van der Waals surface area contributed by atoms with Crippen molar-refractivity contribution in [1.29, 1.82) is 0 Å². The molecule has 134 valence electrons. The van der Waals surface area contributed by atoms with Crippen LogP contribution < -0.4 is 0 Å². The lowest BCUT2D eigenvalue weighted by molar-refractivity contribution is -0.134. The number of aromatic nitrogens is 2. The smallest absolute Gasteiger partial charge is 0.345 e. The zero-order valence-corrected chi connectivity index (χ0v) is 13.8. The number of ketones is 1. The maximum Gasteiger partial charge on any atom is 0.345 e. The molecule has 4 heterocycles. The van der Waals surface area contributed by atoms with Gasteiger partial charge in [0, 0.05) is 36.4 Å². The Labute approximate surface area is 148 Å². The highest BCUT2D eigenvalue weighted by Crippen LogP contribution is 2.32. The van der Waals surface area contributed by atoms with E-state index in [0.717, 1.165) is 5.39 Å². The lowest BCUT2D eigenvalue weighted by Crippen LogP contribution is -2.36. The minimum absolute atomic E-state index is 0.0340. The Balaban J connectivity index is 1.68. The second kappa shape index (κ2) is 6.30. The van der Waals surface area contributed by atoms with Crippen LogP contribution in [0.15, 0.2) is 41.7 Å². The minimum Gasteiger partial charge on any atom is -0.477 e. The van der Waals surface area contributed by atoms with E-state index < -0.39 is 17.9 Å². The van der Waals surface area contributed by atoms with E-state index in [9.17, 15) is 19.8 Å². The normalized spacial score (nSPS) is 20.3. The van der Waals surface area contributed by atoms with Gasteiger partial charge in [-0.2, -0.15) is 0 Å². The number of Topliss-reactive ketones (excluding diaryl/α,β-unsaturated/α-hetero) is 1. The number of carbonyl (C=O) groups excluding carboxylic acids is 1. The highest BCUT2D eigenvalue weighted by molar-refractivity contribution is 6.26. The zero-order valence-electron chi connectivity index (χ0n) is 13.8. The number of hydrogen-bond donors (Lipinski definition) is 3. The molecule has 8 heteroatoms. The van der Waals surface area contributed by atoms with Crippen molar-refractivity contribution in [3.8, 4) is 0 Å². The zero-order chi connectivity index (χ0) is 18.3. The van der Waals surface area contributed by atoms with Crippen LogP contribution >= 0.6 is 0 Å². The van der Waals surface area contributed by atoms with Crippen molar-refractivity contribution in [2.45, 2.75) is 18.9 Å². The molecule has 2 aliphatic rings. The number of ether oxygens (including phenoxy) is 1. The number of allylic oxidation sites excluding steroid dienone is 1. The number of piperidine rings is 1. The van der Waals surface area contributed by atoms with Gasteiger partial charge in [-0.05, 0) is 31.1 Å². The van der Waals surface area contributed by atoms with Crippen LogP contribution in [0, 0.1) is 0 Å². The molecule has 2 aromatic heterocycles. The van der Waals surface area contributed by atoms with Crippen molar-refractivity contribution in [1.82, 2.24) is 14.9 Å². The average Bonchev–Trinajstić information content (AvgIpc) is 3.18. The van der Waals surface area contributed by atoms with Gasteiger partial charge in [0.1, 0.15) is 5.65 Å². The first-order valence-corrected chi connectivity index (χ1v) is 8.31. The molecule has 1 fully saturated rings. The van der Waals surface area contributed by atoms with Crippen molar-refractivity contribution < 1.29 is 24.5 Å². The molecule has 4 rings (SSSR count). The Morgan fingerprint density at radius 3 is 2.88 bits per heavy atom. The van der Waals surface area contributed by atoms with Crippen molar-refractivity contribution in [3.05, 3.63) is 47.3 Å². The number of aromatic amines is 1. The van der Waals surface area contributed by atoms with E-state index in [4.69, 9.17) is 4.74 Å². The number of nitrogens with one attached hydrogen (secondary N) is 1. The van der Waals surface area contributed by atoms with E-state index >= 15 is 0 Å². The third kappa shape index (κ3) is 2.74. The summed E-state index contributed by atoms with van der Waals surface area (Å²) in [6, 6.07) is 3.63. The summed E-state index contributed by atoms with van der Waals surface area (Å²) in [5.74, 6) is -1.95. The first-order valence-electron chi connectivity index (χ1n) is 8.31. The molecule has 0 aliphatic carbocycles. The lowest BCUT2D eigenvalue weighted by atomic mass is 10.1. The highest BCUT2D eigenvalue weighted by atomic mass is 16.5. The van der Waals surface area contributed by atoms with E-state index in [-0.39, 0.29) is 17.2 Å². The number of fused-ring (bicyclic) bond motifs is 1. The van der Waals surface area contributed by atoms with Gasteiger partial charge in [-0.1, -0.05) is 0 Å². The molecule has 0 bridgehead atoms. The van der Waals surface area contributed by atoms with Gasteiger partial charge in [0.05, 0.1) is 6.10 Å². The number of hydrogen-bond acceptors (Lipinski definition) is 6. The third-order valence-electron chi connectivity index (χ3n) is 4.61. The lowest BCUT2D eigenvalue weighted by Gasteiger charge is -2.31. The predicted molar refractivity (Wildman–Crippen MR) is 91.6 cm³/mol. The Kier molecular flexibility index (Phi) is 3.96. The molecule has 26 heavy (non-hydrogen) atoms. The Hall–Kier alpha value is -3.13. The molecule has 0 atom stereocenters. The van der Waals surface area contributed by atoms with Gasteiger partial charge in [-0.25, -0.2) is 9.78 Å². The van der Waals surface area contributed by atoms with Gasteiger partial charge in [-0.15, -0.1) is 0 Å². The van der Waals surface area contributed by atoms with Crippen molar-refractivity contribution in [2.75, 3.05) is 13.1 Å². The molecule has 3 N–H and O–H groups in total. The predicted octanol–water partition coefficient (Wildman–Crippen LogP) is 1.26. The first-order chi connectivity index (χ1) is 12.5. The van der Waals surface area contributed by atoms with Crippen LogP contribution in [-0.4, -0.2) is 56.0 Å². The first kappa shape index (κ1) is 16.3. The van der Waals surface area contributed by atoms with Crippen LogP contribution in [0.25, 0.3) is 17.1 Å². The third-order valence-corrected chi connectivity index (χ3v) is 4.61. The van der Waals surface area contributed by atoms with Gasteiger partial charge >= 0.3 is 5.97 Å². The standard InChI is InChI=1S/C18H17N3O5/c22-11-3-6-21(7-4-11)17-14(18(24)25)15(23)13(26-17)8-10-9-20-16-12(10)2-1-5-19-16/h1-2,5,8-9,11,22H,3-4,6-7H2,(H,19,20)(H,24,25)/b13-8-. The number of likely N-dealkylation sites (tertiary alicyclic amines) is 1. The number of pyridine rings is 1. The summed E-state index contributed by atoms with van der Waals surface area (Å²) in [5.41, 5.74) is 0.989. The summed E-state index contributed by atoms with van der Waals surface area (Å²) >= 11 is 0. The highest BCUT2D eigenvalue weighted by Gasteiger charge is 2.39. The summed E-state index contributed by atoms with van der Waals surface area (Å²) in [7, 11) is 0. The molecule has 2 aliphatic heterocycles. The summed E-state index contributed by atoms with van der Waals surface area (Å²) < 4.78 is 5.66. The maximum atomic E-state index is 12.6. The monoisotopic (exact) mass is 355 g/mol. The number of carboxylic acids is 1. The SMILES string of the molecule is O=C(O)C1=C(N2CCC(O)CC2)O/C(=C\c2c[nH]c3ncccc23)C1=O. The van der Waals surface area contributed by atoms with Crippen LogP contribution in [-0.2, 0) is 14.3 Å². The van der Waals surface area contributed by atoms with Gasteiger partial charge in [0.2, 0.25) is 11.7 Å². The Bertz CT molecular complexity index is 951. The molecule has 2 aromatic rings.